The highest BCUT2D eigenvalue weighted by Gasteiger charge is 2.25. The molecule has 2 aromatic carbocycles. The number of morpholine rings is 1. The van der Waals surface area contributed by atoms with E-state index in [0.717, 1.165) is 70.4 Å². The number of thiazole rings is 2. The van der Waals surface area contributed by atoms with E-state index in [-0.39, 0.29) is 5.91 Å². The Labute approximate surface area is 195 Å². The van der Waals surface area contributed by atoms with Crippen molar-refractivity contribution in [2.24, 2.45) is 0 Å². The molecular formula is C24H26N4O2S2. The van der Waals surface area contributed by atoms with E-state index in [4.69, 9.17) is 9.72 Å². The van der Waals surface area contributed by atoms with E-state index in [1.165, 1.54) is 16.9 Å². The van der Waals surface area contributed by atoms with Crippen LogP contribution in [0.4, 0.5) is 5.13 Å². The molecule has 166 valence electrons. The van der Waals surface area contributed by atoms with Crippen molar-refractivity contribution < 1.29 is 9.53 Å². The van der Waals surface area contributed by atoms with Gasteiger partial charge in [0.15, 0.2) is 10.1 Å². The fourth-order valence-corrected chi connectivity index (χ4v) is 6.05. The van der Waals surface area contributed by atoms with Crippen LogP contribution in [0.25, 0.3) is 20.4 Å². The zero-order valence-corrected chi connectivity index (χ0v) is 20.0. The average molecular weight is 467 g/mol. The summed E-state index contributed by atoms with van der Waals surface area (Å²) in [6.45, 7) is 9.19. The number of carbonyl (C=O) groups is 1. The summed E-state index contributed by atoms with van der Waals surface area (Å²) in [5, 5.41) is 1.27. The van der Waals surface area contributed by atoms with E-state index in [0.29, 0.717) is 11.6 Å². The van der Waals surface area contributed by atoms with Crippen LogP contribution in [-0.2, 0) is 4.74 Å². The van der Waals surface area contributed by atoms with Crippen LogP contribution in [-0.4, -0.2) is 60.2 Å². The molecule has 6 nitrogen and oxygen atoms in total. The van der Waals surface area contributed by atoms with Crippen LogP contribution >= 0.6 is 22.7 Å². The van der Waals surface area contributed by atoms with Crippen molar-refractivity contribution in [2.75, 3.05) is 44.3 Å². The zero-order valence-electron chi connectivity index (χ0n) is 18.3. The number of ether oxygens (including phenoxy) is 1. The average Bonchev–Trinajstić information content (AvgIpc) is 3.45. The number of nitrogens with zero attached hydrogens (tertiary/aromatic N) is 4. The fraction of sp³-hybridized carbons (Fsp3) is 0.375. The number of aromatic nitrogens is 2. The van der Waals surface area contributed by atoms with Crippen LogP contribution in [0.1, 0.15) is 27.3 Å². The predicted molar refractivity (Wildman–Crippen MR) is 132 cm³/mol. The first-order valence-corrected chi connectivity index (χ1v) is 12.6. The van der Waals surface area contributed by atoms with E-state index in [1.54, 1.807) is 11.3 Å². The minimum Gasteiger partial charge on any atom is -0.379 e. The lowest BCUT2D eigenvalue weighted by Crippen LogP contribution is -2.39. The van der Waals surface area contributed by atoms with Gasteiger partial charge in [0.2, 0.25) is 0 Å². The summed E-state index contributed by atoms with van der Waals surface area (Å²) in [5.41, 5.74) is 4.18. The standard InChI is InChI=1S/C24H26N4O2S2/c1-16-8-9-17(2)21-20(16)26-24(32-21)28(11-5-10-27-12-14-30-15-13-27)23(29)22-25-18-6-3-4-7-19(18)31-22/h3-4,6-9H,5,10-15H2,1-2H3. The Bertz CT molecular complexity index is 1190. The number of amides is 1. The lowest BCUT2D eigenvalue weighted by atomic mass is 10.1. The van der Waals surface area contributed by atoms with Crippen LogP contribution in [0.3, 0.4) is 0 Å². The minimum absolute atomic E-state index is 0.0671. The predicted octanol–water partition coefficient (Wildman–Crippen LogP) is 4.89. The Morgan fingerprint density at radius 3 is 2.62 bits per heavy atom. The summed E-state index contributed by atoms with van der Waals surface area (Å²) in [4.78, 5) is 27.4. The summed E-state index contributed by atoms with van der Waals surface area (Å²) in [7, 11) is 0. The first-order chi connectivity index (χ1) is 15.6. The smallest absolute Gasteiger partial charge is 0.289 e. The molecule has 0 unspecified atom stereocenters. The van der Waals surface area contributed by atoms with Gasteiger partial charge in [0.25, 0.3) is 5.91 Å². The largest absolute Gasteiger partial charge is 0.379 e. The van der Waals surface area contributed by atoms with Gasteiger partial charge in [-0.25, -0.2) is 9.97 Å². The number of benzene rings is 2. The molecular weight excluding hydrogens is 440 g/mol. The first kappa shape index (κ1) is 21.5. The van der Waals surface area contributed by atoms with Crippen molar-refractivity contribution in [3.05, 3.63) is 52.5 Å². The number of hydrogen-bond acceptors (Lipinski definition) is 7. The number of anilines is 1. The number of fused-ring (bicyclic) bond motifs is 2. The number of aryl methyl sites for hydroxylation is 2. The molecule has 0 radical (unpaired) electrons. The van der Waals surface area contributed by atoms with E-state index >= 15 is 0 Å². The van der Waals surface area contributed by atoms with Crippen molar-refractivity contribution in [3.8, 4) is 0 Å². The highest BCUT2D eigenvalue weighted by Crippen LogP contribution is 2.34. The quantitative estimate of drug-likeness (QED) is 0.405. The second-order valence-electron chi connectivity index (χ2n) is 8.12. The molecule has 0 atom stereocenters. The van der Waals surface area contributed by atoms with E-state index < -0.39 is 0 Å². The summed E-state index contributed by atoms with van der Waals surface area (Å²) >= 11 is 3.05. The molecule has 0 saturated carbocycles. The number of para-hydroxylation sites is 1. The van der Waals surface area contributed by atoms with Crippen molar-refractivity contribution in [1.82, 2.24) is 14.9 Å². The number of rotatable bonds is 6. The summed E-state index contributed by atoms with van der Waals surface area (Å²) < 4.78 is 7.63. The molecule has 0 N–H and O–H groups in total. The maximum atomic E-state index is 13.7. The molecule has 1 aliphatic rings. The Hall–Kier alpha value is -2.39. The lowest BCUT2D eigenvalue weighted by Gasteiger charge is -2.27. The third-order valence-corrected chi connectivity index (χ3v) is 8.08. The van der Waals surface area contributed by atoms with Crippen molar-refractivity contribution in [2.45, 2.75) is 20.3 Å². The van der Waals surface area contributed by atoms with Gasteiger partial charge in [-0.05, 0) is 43.5 Å². The van der Waals surface area contributed by atoms with Gasteiger partial charge >= 0.3 is 0 Å². The SMILES string of the molecule is Cc1ccc(C)c2sc(N(CCCN3CCOCC3)C(=O)c3nc4ccccc4s3)nc12. The normalized spacial score (nSPS) is 14.9. The summed E-state index contributed by atoms with van der Waals surface area (Å²) in [5.74, 6) is -0.0671. The molecule has 8 heteroatoms. The lowest BCUT2D eigenvalue weighted by molar-refractivity contribution is 0.0376. The molecule has 2 aromatic heterocycles. The van der Waals surface area contributed by atoms with Crippen LogP contribution in [0.2, 0.25) is 0 Å². The molecule has 1 saturated heterocycles. The molecule has 0 aliphatic carbocycles. The summed E-state index contributed by atoms with van der Waals surface area (Å²) in [6.07, 6.45) is 0.879. The van der Waals surface area contributed by atoms with Gasteiger partial charge < -0.3 is 4.74 Å². The van der Waals surface area contributed by atoms with E-state index in [1.807, 2.05) is 29.2 Å². The van der Waals surface area contributed by atoms with Crippen LogP contribution in [0.5, 0.6) is 0 Å². The molecule has 1 fully saturated rings. The highest BCUT2D eigenvalue weighted by atomic mass is 32.1. The Balaban J connectivity index is 1.45. The molecule has 5 rings (SSSR count). The topological polar surface area (TPSA) is 58.6 Å². The highest BCUT2D eigenvalue weighted by molar-refractivity contribution is 7.23. The maximum Gasteiger partial charge on any atom is 0.289 e. The molecule has 32 heavy (non-hydrogen) atoms. The second kappa shape index (κ2) is 9.23. The Morgan fingerprint density at radius 1 is 1.06 bits per heavy atom. The van der Waals surface area contributed by atoms with Gasteiger partial charge in [-0.15, -0.1) is 11.3 Å². The molecule has 4 aromatic rings. The van der Waals surface area contributed by atoms with Crippen LogP contribution in [0.15, 0.2) is 36.4 Å². The zero-order chi connectivity index (χ0) is 22.1. The van der Waals surface area contributed by atoms with Gasteiger partial charge in [-0.1, -0.05) is 35.6 Å². The van der Waals surface area contributed by atoms with Gasteiger partial charge in [-0.2, -0.15) is 0 Å². The Kier molecular flexibility index (Phi) is 6.19. The fourth-order valence-electron chi connectivity index (χ4n) is 4.00. The van der Waals surface area contributed by atoms with Gasteiger partial charge in [0, 0.05) is 26.2 Å². The summed E-state index contributed by atoms with van der Waals surface area (Å²) in [6, 6.07) is 12.1. The van der Waals surface area contributed by atoms with Crippen molar-refractivity contribution in [3.63, 3.8) is 0 Å². The van der Waals surface area contributed by atoms with Crippen LogP contribution < -0.4 is 4.90 Å². The molecule has 3 heterocycles. The van der Waals surface area contributed by atoms with E-state index in [2.05, 4.69) is 35.9 Å². The van der Waals surface area contributed by atoms with Crippen molar-refractivity contribution >= 4 is 54.1 Å². The molecule has 0 spiro atoms. The maximum absolute atomic E-state index is 13.7. The third-order valence-electron chi connectivity index (χ3n) is 5.84. The van der Waals surface area contributed by atoms with Crippen molar-refractivity contribution in [1.29, 1.82) is 0 Å². The van der Waals surface area contributed by atoms with Gasteiger partial charge in [-0.3, -0.25) is 14.6 Å². The molecule has 0 bridgehead atoms. The van der Waals surface area contributed by atoms with E-state index in [9.17, 15) is 4.79 Å². The molecule has 1 aliphatic heterocycles. The third kappa shape index (κ3) is 4.28. The number of carbonyl (C=O) groups excluding carboxylic acids is 1. The minimum atomic E-state index is -0.0671. The Morgan fingerprint density at radius 2 is 1.84 bits per heavy atom. The monoisotopic (exact) mass is 466 g/mol. The second-order valence-corrected chi connectivity index (χ2v) is 10.1. The molecule has 1 amide bonds. The van der Waals surface area contributed by atoms with Gasteiger partial charge in [0.1, 0.15) is 0 Å². The number of hydrogen-bond donors (Lipinski definition) is 0. The van der Waals surface area contributed by atoms with Crippen LogP contribution in [0, 0.1) is 13.8 Å². The van der Waals surface area contributed by atoms with Gasteiger partial charge in [0.05, 0.1) is 33.6 Å². The first-order valence-electron chi connectivity index (χ1n) is 10.9.